The Balaban J connectivity index is 2.46. The predicted molar refractivity (Wildman–Crippen MR) is 60.8 cm³/mol. The molecule has 78 valence electrons. The van der Waals surface area contributed by atoms with Crippen LogP contribution in [0.2, 0.25) is 0 Å². The van der Waals surface area contributed by atoms with Crippen LogP contribution in [0.15, 0.2) is 18.2 Å². The summed E-state index contributed by atoms with van der Waals surface area (Å²) in [6.45, 7) is 0.585. The molecule has 0 saturated carbocycles. The number of hydrogen-bond donors (Lipinski definition) is 1. The minimum atomic E-state index is -0.0903. The van der Waals surface area contributed by atoms with Crippen molar-refractivity contribution >= 4 is 17.3 Å². The summed E-state index contributed by atoms with van der Waals surface area (Å²) in [5, 5.41) is 11.6. The van der Waals surface area contributed by atoms with Gasteiger partial charge in [0.05, 0.1) is 36.1 Å². The van der Waals surface area contributed by atoms with Crippen molar-refractivity contribution in [1.82, 2.24) is 0 Å². The van der Waals surface area contributed by atoms with E-state index in [1.54, 1.807) is 23.1 Å². The third kappa shape index (κ3) is 1.69. The Morgan fingerprint density at radius 3 is 3.06 bits per heavy atom. The molecule has 0 aliphatic carbocycles. The molecule has 0 atom stereocenters. The lowest BCUT2D eigenvalue weighted by Crippen LogP contribution is -2.38. The van der Waals surface area contributed by atoms with Gasteiger partial charge in [-0.3, -0.25) is 4.79 Å². The van der Waals surface area contributed by atoms with E-state index in [4.69, 9.17) is 11.7 Å². The number of terminal acetylenes is 1. The highest BCUT2D eigenvalue weighted by atomic mass is 16.2. The van der Waals surface area contributed by atoms with E-state index in [1.807, 2.05) is 0 Å². The molecule has 1 aromatic carbocycles. The minimum Gasteiger partial charge on any atom is -0.349 e. The average molecular weight is 211 g/mol. The third-order valence-corrected chi connectivity index (χ3v) is 2.36. The van der Waals surface area contributed by atoms with Gasteiger partial charge in [-0.15, -0.1) is 6.42 Å². The Bertz CT molecular complexity index is 522. The highest BCUT2D eigenvalue weighted by Crippen LogP contribution is 2.29. The molecule has 1 aliphatic heterocycles. The number of amides is 1. The van der Waals surface area contributed by atoms with Crippen molar-refractivity contribution in [3.05, 3.63) is 23.8 Å². The Hall–Kier alpha value is -2.46. The molecule has 1 aliphatic rings. The first-order chi connectivity index (χ1) is 7.74. The summed E-state index contributed by atoms with van der Waals surface area (Å²) in [5.41, 5.74) is 2.05. The quantitative estimate of drug-likeness (QED) is 0.703. The zero-order valence-electron chi connectivity index (χ0n) is 8.53. The summed E-state index contributed by atoms with van der Waals surface area (Å²) in [6, 6.07) is 7.17. The zero-order chi connectivity index (χ0) is 11.5. The first-order valence-corrected chi connectivity index (χ1v) is 4.77. The minimum absolute atomic E-state index is 0.0903. The summed E-state index contributed by atoms with van der Waals surface area (Å²) in [4.78, 5) is 13.2. The van der Waals surface area contributed by atoms with E-state index in [-0.39, 0.29) is 12.5 Å². The van der Waals surface area contributed by atoms with E-state index in [2.05, 4.69) is 17.3 Å². The van der Waals surface area contributed by atoms with Crippen LogP contribution < -0.4 is 10.2 Å². The highest BCUT2D eigenvalue weighted by Gasteiger charge is 2.21. The van der Waals surface area contributed by atoms with E-state index in [0.29, 0.717) is 17.8 Å². The molecule has 0 spiro atoms. The number of anilines is 2. The van der Waals surface area contributed by atoms with Gasteiger partial charge in [-0.05, 0) is 18.2 Å². The van der Waals surface area contributed by atoms with Crippen LogP contribution in [-0.4, -0.2) is 19.0 Å². The van der Waals surface area contributed by atoms with Gasteiger partial charge in [0.15, 0.2) is 0 Å². The van der Waals surface area contributed by atoms with E-state index in [9.17, 15) is 4.79 Å². The molecule has 0 fully saturated rings. The van der Waals surface area contributed by atoms with Crippen LogP contribution in [0.1, 0.15) is 5.56 Å². The summed E-state index contributed by atoms with van der Waals surface area (Å²) >= 11 is 0. The van der Waals surface area contributed by atoms with Gasteiger partial charge in [0.1, 0.15) is 0 Å². The lowest BCUT2D eigenvalue weighted by Gasteiger charge is -2.29. The van der Waals surface area contributed by atoms with E-state index >= 15 is 0 Å². The Morgan fingerprint density at radius 1 is 1.56 bits per heavy atom. The van der Waals surface area contributed by atoms with Crippen molar-refractivity contribution in [1.29, 1.82) is 5.26 Å². The van der Waals surface area contributed by atoms with Gasteiger partial charge in [-0.1, -0.05) is 5.92 Å². The number of carbonyl (C=O) groups excluding carboxylic acids is 1. The molecule has 16 heavy (non-hydrogen) atoms. The van der Waals surface area contributed by atoms with E-state index in [0.717, 1.165) is 5.69 Å². The summed E-state index contributed by atoms with van der Waals surface area (Å²) in [7, 11) is 0. The van der Waals surface area contributed by atoms with Gasteiger partial charge in [0.25, 0.3) is 0 Å². The van der Waals surface area contributed by atoms with E-state index in [1.165, 1.54) is 0 Å². The lowest BCUT2D eigenvalue weighted by atomic mass is 10.1. The largest absolute Gasteiger partial charge is 0.349 e. The molecule has 1 N–H and O–H groups in total. The summed E-state index contributed by atoms with van der Waals surface area (Å²) in [6.07, 6.45) is 5.24. The molecule has 1 amide bonds. The Kier molecular flexibility index (Phi) is 2.49. The SMILES string of the molecule is C#CCN1CC(=O)Nc2ccc(C#N)cc21. The van der Waals surface area contributed by atoms with Gasteiger partial charge >= 0.3 is 0 Å². The average Bonchev–Trinajstić information content (AvgIpc) is 2.29. The van der Waals surface area contributed by atoms with Crippen molar-refractivity contribution in [2.24, 2.45) is 0 Å². The maximum absolute atomic E-state index is 11.4. The fourth-order valence-corrected chi connectivity index (χ4v) is 1.67. The molecule has 4 nitrogen and oxygen atoms in total. The fourth-order valence-electron chi connectivity index (χ4n) is 1.67. The molecule has 0 saturated heterocycles. The van der Waals surface area contributed by atoms with Crippen molar-refractivity contribution in [2.75, 3.05) is 23.3 Å². The highest BCUT2D eigenvalue weighted by molar-refractivity contribution is 6.01. The van der Waals surface area contributed by atoms with Gasteiger partial charge < -0.3 is 10.2 Å². The number of nitriles is 1. The molecule has 0 radical (unpaired) electrons. The van der Waals surface area contributed by atoms with Crippen LogP contribution in [0.4, 0.5) is 11.4 Å². The number of hydrogen-bond acceptors (Lipinski definition) is 3. The number of nitrogens with zero attached hydrogens (tertiary/aromatic N) is 2. The van der Waals surface area contributed by atoms with Crippen LogP contribution in [0.5, 0.6) is 0 Å². The molecule has 0 unspecified atom stereocenters. The molecular weight excluding hydrogens is 202 g/mol. The Labute approximate surface area is 93.5 Å². The van der Waals surface area contributed by atoms with Crippen LogP contribution >= 0.6 is 0 Å². The molecule has 0 bridgehead atoms. The van der Waals surface area contributed by atoms with Gasteiger partial charge in [-0.2, -0.15) is 5.26 Å². The van der Waals surface area contributed by atoms with Crippen molar-refractivity contribution < 1.29 is 4.79 Å². The number of benzene rings is 1. The van der Waals surface area contributed by atoms with Gasteiger partial charge in [-0.25, -0.2) is 0 Å². The third-order valence-electron chi connectivity index (χ3n) is 2.36. The first-order valence-electron chi connectivity index (χ1n) is 4.77. The molecule has 1 heterocycles. The monoisotopic (exact) mass is 211 g/mol. The summed E-state index contributed by atoms with van der Waals surface area (Å²) in [5.74, 6) is 2.41. The summed E-state index contributed by atoms with van der Waals surface area (Å²) < 4.78 is 0. The smallest absolute Gasteiger partial charge is 0.243 e. The van der Waals surface area contributed by atoms with Gasteiger partial charge in [0.2, 0.25) is 5.91 Å². The zero-order valence-corrected chi connectivity index (χ0v) is 8.53. The van der Waals surface area contributed by atoms with Gasteiger partial charge in [0, 0.05) is 0 Å². The maximum atomic E-state index is 11.4. The fraction of sp³-hybridized carbons (Fsp3) is 0.167. The molecular formula is C12H9N3O. The predicted octanol–water partition coefficient (Wildman–Crippen LogP) is 0.950. The maximum Gasteiger partial charge on any atom is 0.243 e. The lowest BCUT2D eigenvalue weighted by molar-refractivity contribution is -0.115. The number of carbonyl (C=O) groups is 1. The van der Waals surface area contributed by atoms with Crippen LogP contribution in [0.3, 0.4) is 0 Å². The topological polar surface area (TPSA) is 56.1 Å². The van der Waals surface area contributed by atoms with Crippen molar-refractivity contribution in [2.45, 2.75) is 0 Å². The number of fused-ring (bicyclic) bond motifs is 1. The van der Waals surface area contributed by atoms with E-state index < -0.39 is 0 Å². The second kappa shape index (κ2) is 3.96. The number of nitrogens with one attached hydrogen (secondary N) is 1. The standard InChI is InChI=1S/C12H9N3O/c1-2-5-15-8-12(16)14-10-4-3-9(7-13)6-11(10)15/h1,3-4,6H,5,8H2,(H,14,16). The van der Waals surface area contributed by atoms with Crippen LogP contribution in [0, 0.1) is 23.7 Å². The van der Waals surface area contributed by atoms with Crippen LogP contribution in [-0.2, 0) is 4.79 Å². The molecule has 0 aromatic heterocycles. The molecule has 4 heteroatoms. The second-order valence-electron chi connectivity index (χ2n) is 3.45. The normalized spacial score (nSPS) is 13.4. The molecule has 2 rings (SSSR count). The van der Waals surface area contributed by atoms with Crippen molar-refractivity contribution in [3.8, 4) is 18.4 Å². The Morgan fingerprint density at radius 2 is 2.38 bits per heavy atom. The van der Waals surface area contributed by atoms with Crippen LogP contribution in [0.25, 0.3) is 0 Å². The second-order valence-corrected chi connectivity index (χ2v) is 3.45. The number of rotatable bonds is 1. The molecule has 1 aromatic rings. The van der Waals surface area contributed by atoms with Crippen molar-refractivity contribution in [3.63, 3.8) is 0 Å². The first kappa shape index (κ1) is 10.1.